The van der Waals surface area contributed by atoms with Gasteiger partial charge in [0, 0.05) is 39.0 Å². The molecule has 1 aromatic heterocycles. The lowest BCUT2D eigenvalue weighted by atomic mass is 10.0. The van der Waals surface area contributed by atoms with Crippen LogP contribution < -0.4 is 15.8 Å². The molecule has 0 aliphatic heterocycles. The zero-order chi connectivity index (χ0) is 15.0. The van der Waals surface area contributed by atoms with Crippen LogP contribution in [0, 0.1) is 0 Å². The number of rotatable bonds is 4. The number of nitrogens with one attached hydrogen (secondary N) is 2. The van der Waals surface area contributed by atoms with E-state index in [9.17, 15) is 4.79 Å². The van der Waals surface area contributed by atoms with Gasteiger partial charge in [-0.05, 0) is 24.5 Å². The van der Waals surface area contributed by atoms with Crippen LogP contribution in [0.4, 0.5) is 6.01 Å². The molecule has 0 bridgehead atoms. The summed E-state index contributed by atoms with van der Waals surface area (Å²) in [7, 11) is 3.83. The molecule has 1 atom stereocenters. The second-order valence-electron chi connectivity index (χ2n) is 5.68. The van der Waals surface area contributed by atoms with Crippen LogP contribution in [0.3, 0.4) is 0 Å². The van der Waals surface area contributed by atoms with E-state index in [4.69, 9.17) is 4.42 Å². The van der Waals surface area contributed by atoms with Crippen molar-refractivity contribution in [3.05, 3.63) is 23.3 Å². The largest absolute Gasteiger partial charge is 0.423 e. The van der Waals surface area contributed by atoms with Gasteiger partial charge in [-0.2, -0.15) is 4.98 Å². The smallest absolute Gasteiger partial charge is 0.297 e. The van der Waals surface area contributed by atoms with Gasteiger partial charge in [0.25, 0.3) is 6.01 Å². The second-order valence-corrected chi connectivity index (χ2v) is 5.68. The molecule has 112 valence electrons. The van der Waals surface area contributed by atoms with Gasteiger partial charge in [-0.1, -0.05) is 6.07 Å². The Bertz CT molecular complexity index is 678. The summed E-state index contributed by atoms with van der Waals surface area (Å²) in [4.78, 5) is 17.3. The van der Waals surface area contributed by atoms with E-state index in [1.165, 1.54) is 18.1 Å². The minimum absolute atomic E-state index is 0.0824. The molecule has 6 nitrogen and oxygen atoms in total. The van der Waals surface area contributed by atoms with Gasteiger partial charge in [-0.25, -0.2) is 5.43 Å². The van der Waals surface area contributed by atoms with Crippen molar-refractivity contribution in [3.63, 3.8) is 0 Å². The maximum atomic E-state index is 10.9. The van der Waals surface area contributed by atoms with E-state index in [0.717, 1.165) is 23.9 Å². The minimum Gasteiger partial charge on any atom is -0.423 e. The maximum absolute atomic E-state index is 10.9. The normalized spacial score (nSPS) is 17.0. The van der Waals surface area contributed by atoms with E-state index in [2.05, 4.69) is 21.9 Å². The Morgan fingerprint density at radius 3 is 3.00 bits per heavy atom. The number of benzene rings is 1. The monoisotopic (exact) mass is 288 g/mol. The first kappa shape index (κ1) is 13.9. The average Bonchev–Trinajstić information content (AvgIpc) is 3.01. The van der Waals surface area contributed by atoms with Crippen molar-refractivity contribution in [2.75, 3.05) is 25.5 Å². The molecule has 21 heavy (non-hydrogen) atoms. The number of carbonyl (C=O) groups is 1. The van der Waals surface area contributed by atoms with Crippen LogP contribution in [-0.2, 0) is 11.2 Å². The highest BCUT2D eigenvalue weighted by Crippen LogP contribution is 2.39. The first-order valence-electron chi connectivity index (χ1n) is 7.15. The van der Waals surface area contributed by atoms with Crippen molar-refractivity contribution < 1.29 is 9.21 Å². The predicted molar refractivity (Wildman–Crippen MR) is 81.2 cm³/mol. The SMILES string of the molecule is CC(=O)NNCC1CCc2ccc3nc(N(C)C)oc3c21. The molecule has 1 amide bonds. The van der Waals surface area contributed by atoms with E-state index < -0.39 is 0 Å². The predicted octanol–water partition coefficient (Wildman–Crippen LogP) is 1.56. The van der Waals surface area contributed by atoms with Crippen LogP contribution in [0.15, 0.2) is 16.5 Å². The van der Waals surface area contributed by atoms with Crippen molar-refractivity contribution >= 4 is 23.0 Å². The van der Waals surface area contributed by atoms with Crippen LogP contribution in [0.25, 0.3) is 11.1 Å². The number of amides is 1. The summed E-state index contributed by atoms with van der Waals surface area (Å²) in [6.07, 6.45) is 2.09. The summed E-state index contributed by atoms with van der Waals surface area (Å²) >= 11 is 0. The number of aromatic nitrogens is 1. The van der Waals surface area contributed by atoms with Crippen molar-refractivity contribution in [1.82, 2.24) is 15.8 Å². The molecule has 0 spiro atoms. The number of aryl methyl sites for hydroxylation is 1. The zero-order valence-electron chi connectivity index (χ0n) is 12.6. The molecule has 1 heterocycles. The lowest BCUT2D eigenvalue weighted by molar-refractivity contribution is -0.119. The molecule has 2 aromatic rings. The Morgan fingerprint density at radius 1 is 1.48 bits per heavy atom. The Labute approximate surface area is 123 Å². The molecule has 3 rings (SSSR count). The van der Waals surface area contributed by atoms with Gasteiger partial charge >= 0.3 is 0 Å². The molecule has 0 fully saturated rings. The summed E-state index contributed by atoms with van der Waals surface area (Å²) in [5.74, 6) is 0.250. The summed E-state index contributed by atoms with van der Waals surface area (Å²) < 4.78 is 5.93. The lowest BCUT2D eigenvalue weighted by Crippen LogP contribution is -2.38. The number of nitrogens with zero attached hydrogens (tertiary/aromatic N) is 2. The number of hydrazine groups is 1. The Kier molecular flexibility index (Phi) is 3.55. The van der Waals surface area contributed by atoms with Gasteiger partial charge in [-0.3, -0.25) is 10.2 Å². The summed E-state index contributed by atoms with van der Waals surface area (Å²) in [6.45, 7) is 2.19. The highest BCUT2D eigenvalue weighted by molar-refractivity contribution is 5.81. The fraction of sp³-hybridized carbons (Fsp3) is 0.467. The molecule has 2 N–H and O–H groups in total. The standard InChI is InChI=1S/C15H20N4O2/c1-9(20)18-16-8-11-5-4-10-6-7-12-14(13(10)11)21-15(17-12)19(2)3/h6-7,11,16H,4-5,8H2,1-3H3,(H,18,20). The van der Waals surface area contributed by atoms with Crippen LogP contribution in [0.5, 0.6) is 0 Å². The molecule has 0 saturated carbocycles. The minimum atomic E-state index is -0.0824. The Hall–Kier alpha value is -2.08. The molecular weight excluding hydrogens is 268 g/mol. The van der Waals surface area contributed by atoms with Gasteiger partial charge in [-0.15, -0.1) is 0 Å². The maximum Gasteiger partial charge on any atom is 0.297 e. The second kappa shape index (κ2) is 5.37. The van der Waals surface area contributed by atoms with Crippen LogP contribution >= 0.6 is 0 Å². The van der Waals surface area contributed by atoms with Crippen molar-refractivity contribution in [3.8, 4) is 0 Å². The average molecular weight is 288 g/mol. The highest BCUT2D eigenvalue weighted by Gasteiger charge is 2.27. The number of fused-ring (bicyclic) bond motifs is 3. The quantitative estimate of drug-likeness (QED) is 0.836. The van der Waals surface area contributed by atoms with Crippen molar-refractivity contribution in [2.45, 2.75) is 25.7 Å². The Balaban J connectivity index is 1.91. The lowest BCUT2D eigenvalue weighted by Gasteiger charge is -2.13. The topological polar surface area (TPSA) is 70.4 Å². The molecule has 0 saturated heterocycles. The van der Waals surface area contributed by atoms with E-state index >= 15 is 0 Å². The molecule has 1 aromatic carbocycles. The third-order valence-corrected chi connectivity index (χ3v) is 3.84. The van der Waals surface area contributed by atoms with Gasteiger partial charge in [0.1, 0.15) is 5.52 Å². The zero-order valence-corrected chi connectivity index (χ0v) is 12.6. The third kappa shape index (κ3) is 2.58. The molecule has 1 unspecified atom stereocenters. The van der Waals surface area contributed by atoms with E-state index in [0.29, 0.717) is 18.5 Å². The number of carbonyl (C=O) groups excluding carboxylic acids is 1. The summed E-state index contributed by atoms with van der Waals surface area (Å²) in [6, 6.07) is 4.78. The molecular formula is C15H20N4O2. The van der Waals surface area contributed by atoms with E-state index in [1.54, 1.807) is 0 Å². The van der Waals surface area contributed by atoms with E-state index in [1.807, 2.05) is 25.1 Å². The number of oxazole rings is 1. The molecule has 6 heteroatoms. The number of hydrogen-bond donors (Lipinski definition) is 2. The van der Waals surface area contributed by atoms with E-state index in [-0.39, 0.29) is 5.91 Å². The fourth-order valence-electron chi connectivity index (χ4n) is 2.88. The van der Waals surface area contributed by atoms with Crippen LogP contribution in [0.1, 0.15) is 30.4 Å². The number of hydrogen-bond acceptors (Lipinski definition) is 5. The molecule has 1 aliphatic carbocycles. The first-order valence-corrected chi connectivity index (χ1v) is 7.15. The van der Waals surface area contributed by atoms with Gasteiger partial charge < -0.3 is 9.32 Å². The first-order chi connectivity index (χ1) is 10.1. The summed E-state index contributed by atoms with van der Waals surface area (Å²) in [5.41, 5.74) is 9.94. The summed E-state index contributed by atoms with van der Waals surface area (Å²) in [5, 5.41) is 0. The van der Waals surface area contributed by atoms with Crippen LogP contribution in [0.2, 0.25) is 0 Å². The fourth-order valence-corrected chi connectivity index (χ4v) is 2.88. The van der Waals surface area contributed by atoms with Crippen molar-refractivity contribution in [1.29, 1.82) is 0 Å². The van der Waals surface area contributed by atoms with Gasteiger partial charge in [0.2, 0.25) is 5.91 Å². The van der Waals surface area contributed by atoms with Crippen molar-refractivity contribution in [2.24, 2.45) is 0 Å². The highest BCUT2D eigenvalue weighted by atomic mass is 16.4. The number of anilines is 1. The molecule has 1 aliphatic rings. The van der Waals surface area contributed by atoms with Gasteiger partial charge in [0.05, 0.1) is 0 Å². The Morgan fingerprint density at radius 2 is 2.29 bits per heavy atom. The van der Waals surface area contributed by atoms with Crippen LogP contribution in [-0.4, -0.2) is 31.5 Å². The molecule has 0 radical (unpaired) electrons. The van der Waals surface area contributed by atoms with Gasteiger partial charge in [0.15, 0.2) is 5.58 Å². The third-order valence-electron chi connectivity index (χ3n) is 3.84.